The number of rotatable bonds is 7. The van der Waals surface area contributed by atoms with Crippen LogP contribution in [0.4, 0.5) is 0 Å². The van der Waals surface area contributed by atoms with Crippen LogP contribution in [-0.2, 0) is 16.4 Å². The highest BCUT2D eigenvalue weighted by Gasteiger charge is 2.17. The fourth-order valence-electron chi connectivity index (χ4n) is 2.10. The first-order valence-electron chi connectivity index (χ1n) is 7.11. The lowest BCUT2D eigenvalue weighted by atomic mass is 9.98. The van der Waals surface area contributed by atoms with Gasteiger partial charge in [-0.1, -0.05) is 44.2 Å². The monoisotopic (exact) mass is 307 g/mol. The number of aromatic nitrogens is 2. The third-order valence-corrected chi connectivity index (χ3v) is 4.84. The summed E-state index contributed by atoms with van der Waals surface area (Å²) in [6, 6.07) is 10.1. The first-order chi connectivity index (χ1) is 10.0. The molecule has 5 nitrogen and oxygen atoms in total. The predicted molar refractivity (Wildman–Crippen MR) is 82.6 cm³/mol. The van der Waals surface area contributed by atoms with Gasteiger partial charge in [0.15, 0.2) is 5.03 Å². The van der Waals surface area contributed by atoms with Crippen molar-refractivity contribution in [2.75, 3.05) is 6.54 Å². The summed E-state index contributed by atoms with van der Waals surface area (Å²) in [5.74, 6) is 0.981. The van der Waals surface area contributed by atoms with E-state index in [2.05, 4.69) is 33.7 Å². The average molecular weight is 307 g/mol. The van der Waals surface area contributed by atoms with E-state index in [-0.39, 0.29) is 5.03 Å². The fraction of sp³-hybridized carbons (Fsp3) is 0.400. The second-order valence-corrected chi connectivity index (χ2v) is 6.78. The first kappa shape index (κ1) is 15.7. The van der Waals surface area contributed by atoms with Gasteiger partial charge in [0, 0.05) is 13.0 Å². The van der Waals surface area contributed by atoms with Gasteiger partial charge in [0.25, 0.3) is 10.0 Å². The quantitative estimate of drug-likeness (QED) is 0.825. The van der Waals surface area contributed by atoms with Crippen LogP contribution in [-0.4, -0.2) is 24.9 Å². The Morgan fingerprint density at radius 1 is 1.29 bits per heavy atom. The molecule has 0 spiro atoms. The van der Waals surface area contributed by atoms with Crippen molar-refractivity contribution in [1.82, 2.24) is 14.7 Å². The molecule has 1 unspecified atom stereocenters. The lowest BCUT2D eigenvalue weighted by Gasteiger charge is -2.12. The number of H-pyrrole nitrogens is 1. The van der Waals surface area contributed by atoms with Gasteiger partial charge in [-0.3, -0.25) is 0 Å². The largest absolute Gasteiger partial charge is 0.332 e. The van der Waals surface area contributed by atoms with Crippen molar-refractivity contribution >= 4 is 10.0 Å². The highest BCUT2D eigenvalue weighted by atomic mass is 32.2. The highest BCUT2D eigenvalue weighted by molar-refractivity contribution is 7.89. The molecule has 0 aliphatic rings. The van der Waals surface area contributed by atoms with Crippen molar-refractivity contribution in [3.63, 3.8) is 0 Å². The summed E-state index contributed by atoms with van der Waals surface area (Å²) in [5.41, 5.74) is 1.21. The van der Waals surface area contributed by atoms with E-state index in [1.165, 1.54) is 11.8 Å². The second kappa shape index (κ2) is 6.87. The number of nitrogens with one attached hydrogen (secondary N) is 2. The molecule has 114 valence electrons. The lowest BCUT2D eigenvalue weighted by Crippen LogP contribution is -2.26. The number of imidazole rings is 1. The van der Waals surface area contributed by atoms with Gasteiger partial charge in [0.1, 0.15) is 5.82 Å². The zero-order valence-corrected chi connectivity index (χ0v) is 13.2. The third kappa shape index (κ3) is 4.15. The minimum absolute atomic E-state index is 0.131. The molecule has 0 radical (unpaired) electrons. The number of benzene rings is 1. The Balaban J connectivity index is 1.90. The summed E-state index contributed by atoms with van der Waals surface area (Å²) >= 11 is 0. The van der Waals surface area contributed by atoms with Gasteiger partial charge >= 0.3 is 0 Å². The highest BCUT2D eigenvalue weighted by Crippen LogP contribution is 2.18. The molecule has 2 N–H and O–H groups in total. The van der Waals surface area contributed by atoms with Crippen molar-refractivity contribution in [3.05, 3.63) is 47.9 Å². The van der Waals surface area contributed by atoms with Gasteiger partial charge in [-0.05, 0) is 17.9 Å². The first-order valence-corrected chi connectivity index (χ1v) is 8.59. The molecule has 0 amide bonds. The van der Waals surface area contributed by atoms with Gasteiger partial charge in [-0.2, -0.15) is 0 Å². The van der Waals surface area contributed by atoms with Crippen LogP contribution in [0.5, 0.6) is 0 Å². The summed E-state index contributed by atoms with van der Waals surface area (Å²) in [7, 11) is -3.50. The van der Waals surface area contributed by atoms with Crippen molar-refractivity contribution in [2.45, 2.75) is 37.6 Å². The lowest BCUT2D eigenvalue weighted by molar-refractivity contribution is 0.569. The molecule has 0 fully saturated rings. The Morgan fingerprint density at radius 3 is 2.62 bits per heavy atom. The molecule has 0 bridgehead atoms. The van der Waals surface area contributed by atoms with Crippen LogP contribution in [0.25, 0.3) is 0 Å². The number of sulfonamides is 1. The normalized spacial score (nSPS) is 13.2. The van der Waals surface area contributed by atoms with Crippen LogP contribution in [0.1, 0.15) is 37.6 Å². The van der Waals surface area contributed by atoms with E-state index < -0.39 is 10.0 Å². The molecule has 2 rings (SSSR count). The maximum absolute atomic E-state index is 12.1. The van der Waals surface area contributed by atoms with E-state index in [9.17, 15) is 8.42 Å². The SMILES string of the molecule is CCc1ncc(S(=O)(=O)NCCC(C)c2ccccc2)[nH]1. The molecule has 1 aromatic heterocycles. The van der Waals surface area contributed by atoms with Gasteiger partial charge in [-0.15, -0.1) is 0 Å². The number of nitrogens with zero attached hydrogens (tertiary/aromatic N) is 1. The number of hydrogen-bond donors (Lipinski definition) is 2. The van der Waals surface area contributed by atoms with Crippen molar-refractivity contribution < 1.29 is 8.42 Å². The number of aromatic amines is 1. The molecule has 0 aliphatic carbocycles. The minimum Gasteiger partial charge on any atom is -0.332 e. The van der Waals surface area contributed by atoms with Crippen LogP contribution in [0.3, 0.4) is 0 Å². The summed E-state index contributed by atoms with van der Waals surface area (Å²) < 4.78 is 26.8. The molecule has 1 atom stereocenters. The van der Waals surface area contributed by atoms with E-state index in [1.807, 2.05) is 25.1 Å². The van der Waals surface area contributed by atoms with Crippen LogP contribution in [0, 0.1) is 0 Å². The molecule has 0 saturated carbocycles. The predicted octanol–water partition coefficient (Wildman–Crippen LogP) is 2.44. The van der Waals surface area contributed by atoms with Gasteiger partial charge in [0.05, 0.1) is 6.20 Å². The Bertz CT molecular complexity index is 665. The molecule has 2 aromatic rings. The number of hydrogen-bond acceptors (Lipinski definition) is 3. The summed E-state index contributed by atoms with van der Waals surface area (Å²) in [6.07, 6.45) is 2.79. The number of aryl methyl sites for hydroxylation is 1. The molecular weight excluding hydrogens is 286 g/mol. The topological polar surface area (TPSA) is 74.8 Å². The van der Waals surface area contributed by atoms with Crippen LogP contribution in [0.2, 0.25) is 0 Å². The van der Waals surface area contributed by atoms with Crippen LogP contribution in [0.15, 0.2) is 41.6 Å². The fourth-order valence-corrected chi connectivity index (χ4v) is 3.08. The van der Waals surface area contributed by atoms with E-state index in [0.29, 0.717) is 24.7 Å². The Hall–Kier alpha value is -1.66. The zero-order chi connectivity index (χ0) is 15.3. The molecule has 0 aliphatic heterocycles. The van der Waals surface area contributed by atoms with Gasteiger partial charge in [-0.25, -0.2) is 18.1 Å². The third-order valence-electron chi connectivity index (χ3n) is 3.47. The zero-order valence-electron chi connectivity index (χ0n) is 12.3. The van der Waals surface area contributed by atoms with E-state index in [1.54, 1.807) is 0 Å². The molecule has 21 heavy (non-hydrogen) atoms. The van der Waals surface area contributed by atoms with Crippen molar-refractivity contribution in [1.29, 1.82) is 0 Å². The Labute approximate surface area is 125 Å². The van der Waals surface area contributed by atoms with Crippen LogP contribution < -0.4 is 4.72 Å². The van der Waals surface area contributed by atoms with Gasteiger partial charge < -0.3 is 4.98 Å². The molecule has 1 heterocycles. The van der Waals surface area contributed by atoms with E-state index in [4.69, 9.17) is 0 Å². The second-order valence-electron chi connectivity index (χ2n) is 5.05. The maximum Gasteiger partial charge on any atom is 0.257 e. The van der Waals surface area contributed by atoms with Crippen LogP contribution >= 0.6 is 0 Å². The van der Waals surface area contributed by atoms with E-state index >= 15 is 0 Å². The van der Waals surface area contributed by atoms with Gasteiger partial charge in [0.2, 0.25) is 0 Å². The average Bonchev–Trinajstić information content (AvgIpc) is 2.98. The van der Waals surface area contributed by atoms with E-state index in [0.717, 1.165) is 6.42 Å². The molecule has 6 heteroatoms. The molecular formula is C15H21N3O2S. The Morgan fingerprint density at radius 2 is 2.00 bits per heavy atom. The smallest absolute Gasteiger partial charge is 0.257 e. The van der Waals surface area contributed by atoms with Crippen molar-refractivity contribution in [2.24, 2.45) is 0 Å². The summed E-state index contributed by atoms with van der Waals surface area (Å²) in [6.45, 7) is 4.41. The summed E-state index contributed by atoms with van der Waals surface area (Å²) in [4.78, 5) is 6.83. The summed E-state index contributed by atoms with van der Waals surface area (Å²) in [5, 5.41) is 0.131. The maximum atomic E-state index is 12.1. The molecule has 1 aromatic carbocycles. The molecule has 0 saturated heterocycles. The standard InChI is InChI=1S/C15H21N3O2S/c1-3-14-16-11-15(18-14)21(19,20)17-10-9-12(2)13-7-5-4-6-8-13/h4-8,11-12,17H,3,9-10H2,1-2H3,(H,16,18). The van der Waals surface area contributed by atoms with Crippen molar-refractivity contribution in [3.8, 4) is 0 Å². The minimum atomic E-state index is -3.50. The Kier molecular flexibility index (Phi) is 5.14.